The van der Waals surface area contributed by atoms with Crippen molar-refractivity contribution < 1.29 is 24.4 Å². The quantitative estimate of drug-likeness (QED) is 0.165. The van der Waals surface area contributed by atoms with Gasteiger partial charge in [0, 0.05) is 47.9 Å². The number of ketones is 1. The first-order valence-electron chi connectivity index (χ1n) is 11.5. The number of nitrogens with zero attached hydrogens (tertiary/aromatic N) is 2. The number of esters is 1. The van der Waals surface area contributed by atoms with Crippen LogP contribution in [0.5, 0.6) is 0 Å². The molecule has 1 aromatic carbocycles. The summed E-state index contributed by atoms with van der Waals surface area (Å²) in [4.78, 5) is 36.0. The van der Waals surface area contributed by atoms with E-state index in [9.17, 15) is 19.7 Å². The molecule has 0 aliphatic heterocycles. The molecule has 0 saturated heterocycles. The fourth-order valence-electron chi connectivity index (χ4n) is 4.26. The van der Waals surface area contributed by atoms with E-state index < -0.39 is 17.5 Å². The molecule has 2 aromatic rings. The summed E-state index contributed by atoms with van der Waals surface area (Å²) in [6, 6.07) is 5.53. The highest BCUT2D eigenvalue weighted by Gasteiger charge is 2.21. The maximum absolute atomic E-state index is 12.8. The lowest BCUT2D eigenvalue weighted by molar-refractivity contribution is -0.384. The van der Waals surface area contributed by atoms with Crippen LogP contribution in [0.2, 0.25) is 0 Å². The van der Waals surface area contributed by atoms with Crippen LogP contribution in [0.15, 0.2) is 35.9 Å². The number of hydrogen-bond donors (Lipinski definition) is 2. The molecule has 0 fully saturated rings. The Hall–Kier alpha value is -3.46. The highest BCUT2D eigenvalue weighted by atomic mass is 16.6. The third-order valence-electron chi connectivity index (χ3n) is 6.11. The highest BCUT2D eigenvalue weighted by Crippen LogP contribution is 2.25. The zero-order chi connectivity index (χ0) is 24.7. The fraction of sp³-hybridized carbons (Fsp3) is 0.440. The van der Waals surface area contributed by atoms with Crippen LogP contribution in [0.1, 0.15) is 64.2 Å². The number of anilines is 1. The third-order valence-corrected chi connectivity index (χ3v) is 6.11. The summed E-state index contributed by atoms with van der Waals surface area (Å²) >= 11 is 0. The van der Waals surface area contributed by atoms with E-state index in [1.165, 1.54) is 30.5 Å². The minimum Gasteiger partial charge on any atom is -0.454 e. The molecular weight excluding hydrogens is 438 g/mol. The SMILES string of the molecule is Cc1cc(C(=O)COC(=O)c2cc([N+](=O)[O-])ccc2NCCO)c(C)n1CCC1=CCCCC1. The molecule has 0 amide bonds. The lowest BCUT2D eigenvalue weighted by Gasteiger charge is -2.15. The monoisotopic (exact) mass is 469 g/mol. The molecule has 1 heterocycles. The first kappa shape index (κ1) is 25.2. The van der Waals surface area contributed by atoms with Crippen LogP contribution in [0.4, 0.5) is 11.4 Å². The molecule has 182 valence electrons. The number of aromatic nitrogens is 1. The molecule has 9 heteroatoms. The van der Waals surface area contributed by atoms with Crippen LogP contribution in [0.25, 0.3) is 0 Å². The highest BCUT2D eigenvalue weighted by molar-refractivity contribution is 6.02. The van der Waals surface area contributed by atoms with Crippen LogP contribution >= 0.6 is 0 Å². The number of aryl methyl sites for hydroxylation is 1. The Bertz CT molecular complexity index is 1100. The first-order valence-corrected chi connectivity index (χ1v) is 11.5. The molecule has 0 spiro atoms. The molecule has 0 atom stereocenters. The van der Waals surface area contributed by atoms with Gasteiger partial charge in [0.25, 0.3) is 5.69 Å². The van der Waals surface area contributed by atoms with Gasteiger partial charge in [0.1, 0.15) is 0 Å². The number of carbonyl (C=O) groups is 2. The molecule has 1 aliphatic carbocycles. The van der Waals surface area contributed by atoms with Crippen molar-refractivity contribution in [2.45, 2.75) is 52.5 Å². The van der Waals surface area contributed by atoms with Gasteiger partial charge in [-0.05, 0) is 58.1 Å². The number of nitro groups is 1. The van der Waals surface area contributed by atoms with Crippen LogP contribution in [-0.4, -0.2) is 46.1 Å². The van der Waals surface area contributed by atoms with Gasteiger partial charge in [-0.25, -0.2) is 4.79 Å². The number of rotatable bonds is 11. The van der Waals surface area contributed by atoms with Crippen LogP contribution in [-0.2, 0) is 11.3 Å². The first-order chi connectivity index (χ1) is 16.3. The molecule has 1 aromatic heterocycles. The molecule has 0 unspecified atom stereocenters. The summed E-state index contributed by atoms with van der Waals surface area (Å²) in [5, 5.41) is 23.0. The summed E-state index contributed by atoms with van der Waals surface area (Å²) in [6.07, 6.45) is 8.02. The van der Waals surface area contributed by atoms with Gasteiger partial charge in [0.05, 0.1) is 17.1 Å². The number of non-ortho nitro benzene ring substituents is 1. The molecule has 2 N–H and O–H groups in total. The summed E-state index contributed by atoms with van der Waals surface area (Å²) in [7, 11) is 0. The van der Waals surface area contributed by atoms with E-state index in [4.69, 9.17) is 9.84 Å². The predicted octanol–water partition coefficient (Wildman–Crippen LogP) is 4.35. The van der Waals surface area contributed by atoms with E-state index >= 15 is 0 Å². The van der Waals surface area contributed by atoms with Gasteiger partial charge in [-0.3, -0.25) is 14.9 Å². The van der Waals surface area contributed by atoms with Crippen molar-refractivity contribution in [2.75, 3.05) is 25.1 Å². The van der Waals surface area contributed by atoms with Crippen molar-refractivity contribution in [1.82, 2.24) is 4.57 Å². The summed E-state index contributed by atoms with van der Waals surface area (Å²) < 4.78 is 7.34. The number of ether oxygens (including phenoxy) is 1. The van der Waals surface area contributed by atoms with Gasteiger partial charge in [-0.1, -0.05) is 11.6 Å². The van der Waals surface area contributed by atoms with Crippen molar-refractivity contribution in [3.8, 4) is 0 Å². The van der Waals surface area contributed by atoms with E-state index in [1.807, 2.05) is 19.9 Å². The lowest BCUT2D eigenvalue weighted by Crippen LogP contribution is -2.17. The lowest BCUT2D eigenvalue weighted by atomic mass is 9.97. The average molecular weight is 470 g/mol. The Balaban J connectivity index is 1.68. The Morgan fingerprint density at radius 2 is 2.00 bits per heavy atom. The van der Waals surface area contributed by atoms with E-state index in [1.54, 1.807) is 0 Å². The maximum Gasteiger partial charge on any atom is 0.340 e. The number of allylic oxidation sites excluding steroid dienone is 2. The molecule has 0 radical (unpaired) electrons. The normalized spacial score (nSPS) is 13.3. The second-order valence-electron chi connectivity index (χ2n) is 8.43. The molecule has 9 nitrogen and oxygen atoms in total. The minimum atomic E-state index is -0.851. The van der Waals surface area contributed by atoms with Crippen LogP contribution in [0, 0.1) is 24.0 Å². The van der Waals surface area contributed by atoms with Crippen molar-refractivity contribution in [2.24, 2.45) is 0 Å². The largest absolute Gasteiger partial charge is 0.454 e. The van der Waals surface area contributed by atoms with Gasteiger partial charge < -0.3 is 19.7 Å². The minimum absolute atomic E-state index is 0.0679. The molecule has 1 aliphatic rings. The number of nitrogens with one attached hydrogen (secondary N) is 1. The van der Waals surface area contributed by atoms with Gasteiger partial charge in [-0.15, -0.1) is 0 Å². The van der Waals surface area contributed by atoms with E-state index in [-0.39, 0.29) is 35.9 Å². The number of aliphatic hydroxyl groups excluding tert-OH is 1. The Morgan fingerprint density at radius 1 is 1.21 bits per heavy atom. The Labute approximate surface area is 198 Å². The Morgan fingerprint density at radius 3 is 2.68 bits per heavy atom. The second kappa shape index (κ2) is 11.6. The van der Waals surface area contributed by atoms with E-state index in [2.05, 4.69) is 16.0 Å². The summed E-state index contributed by atoms with van der Waals surface area (Å²) in [5.41, 5.74) is 3.70. The number of Topliss-reactive ketones (excluding diaryl/α,β-unsaturated/α-hetero) is 1. The van der Waals surface area contributed by atoms with Gasteiger partial charge in [0.15, 0.2) is 6.61 Å². The second-order valence-corrected chi connectivity index (χ2v) is 8.43. The van der Waals surface area contributed by atoms with Gasteiger partial charge in [0.2, 0.25) is 5.78 Å². The molecule has 0 saturated carbocycles. The molecule has 34 heavy (non-hydrogen) atoms. The topological polar surface area (TPSA) is 124 Å². The molecule has 3 rings (SSSR count). The van der Waals surface area contributed by atoms with Crippen LogP contribution < -0.4 is 5.32 Å². The summed E-state index contributed by atoms with van der Waals surface area (Å²) in [5.74, 6) is -1.18. The predicted molar refractivity (Wildman–Crippen MR) is 128 cm³/mol. The number of aliphatic hydroxyl groups is 1. The smallest absolute Gasteiger partial charge is 0.340 e. The van der Waals surface area contributed by atoms with Crippen molar-refractivity contribution in [1.29, 1.82) is 0 Å². The number of nitro benzene ring substituents is 1. The summed E-state index contributed by atoms with van der Waals surface area (Å²) in [6.45, 7) is 4.12. The number of carbonyl (C=O) groups excluding carboxylic acids is 2. The van der Waals surface area contributed by atoms with Gasteiger partial charge >= 0.3 is 5.97 Å². The van der Waals surface area contributed by atoms with Gasteiger partial charge in [-0.2, -0.15) is 0 Å². The van der Waals surface area contributed by atoms with Crippen molar-refractivity contribution in [3.05, 3.63) is 68.5 Å². The number of benzene rings is 1. The van der Waals surface area contributed by atoms with Crippen molar-refractivity contribution >= 4 is 23.1 Å². The van der Waals surface area contributed by atoms with Crippen LogP contribution in [0.3, 0.4) is 0 Å². The molecular formula is C25H31N3O6. The Kier molecular flexibility index (Phi) is 8.59. The van der Waals surface area contributed by atoms with E-state index in [0.717, 1.165) is 43.3 Å². The maximum atomic E-state index is 12.8. The molecule has 0 bridgehead atoms. The van der Waals surface area contributed by atoms with Crippen molar-refractivity contribution in [3.63, 3.8) is 0 Å². The zero-order valence-corrected chi connectivity index (χ0v) is 19.6. The standard InChI is InChI=1S/C25H31N3O6/c1-17-14-21(18(2)27(17)12-10-19-6-4-3-5-7-19)24(30)16-34-25(31)22-15-20(28(32)33)8-9-23(22)26-11-13-29/h6,8-9,14-15,26,29H,3-5,7,10-13,16H2,1-2H3. The van der Waals surface area contributed by atoms with E-state index in [0.29, 0.717) is 5.56 Å². The zero-order valence-electron chi connectivity index (χ0n) is 19.6. The number of hydrogen-bond acceptors (Lipinski definition) is 7. The third kappa shape index (κ3) is 6.11. The fourth-order valence-corrected chi connectivity index (χ4v) is 4.26. The average Bonchev–Trinajstić information content (AvgIpc) is 3.13.